The Balaban J connectivity index is 1.62. The van der Waals surface area contributed by atoms with Crippen LogP contribution in [0.15, 0.2) is 29.6 Å². The van der Waals surface area contributed by atoms with E-state index in [2.05, 4.69) is 10.3 Å². The number of nitrogens with one attached hydrogen (secondary N) is 1. The van der Waals surface area contributed by atoms with Gasteiger partial charge in [0.15, 0.2) is 0 Å². The molecule has 2 atom stereocenters. The highest BCUT2D eigenvalue weighted by Gasteiger charge is 2.31. The van der Waals surface area contributed by atoms with E-state index in [1.54, 1.807) is 5.38 Å². The molecule has 1 aliphatic carbocycles. The summed E-state index contributed by atoms with van der Waals surface area (Å²) in [4.78, 5) is 27.7. The average molecular weight is 360 g/mol. The first-order chi connectivity index (χ1) is 12.1. The van der Waals surface area contributed by atoms with Crippen LogP contribution < -0.4 is 10.1 Å². The lowest BCUT2D eigenvalue weighted by molar-refractivity contribution is -0.141. The number of carboxylic acid groups (broad SMARTS) is 1. The Morgan fingerprint density at radius 1 is 1.32 bits per heavy atom. The van der Waals surface area contributed by atoms with Gasteiger partial charge in [-0.15, -0.1) is 11.3 Å². The summed E-state index contributed by atoms with van der Waals surface area (Å²) in [7, 11) is 0. The molecule has 0 unspecified atom stereocenters. The number of nitrogens with zero attached hydrogens (tertiary/aromatic N) is 1. The van der Waals surface area contributed by atoms with Crippen molar-refractivity contribution in [2.75, 3.05) is 6.61 Å². The summed E-state index contributed by atoms with van der Waals surface area (Å²) < 4.78 is 5.42. The highest BCUT2D eigenvalue weighted by atomic mass is 32.1. The molecule has 0 spiro atoms. The molecule has 1 fully saturated rings. The quantitative estimate of drug-likeness (QED) is 0.826. The van der Waals surface area contributed by atoms with Gasteiger partial charge in [0.25, 0.3) is 5.91 Å². The molecule has 2 aromatic rings. The summed E-state index contributed by atoms with van der Waals surface area (Å²) in [5, 5.41) is 14.4. The number of hydrogen-bond donors (Lipinski definition) is 2. The Morgan fingerprint density at radius 3 is 2.72 bits per heavy atom. The molecule has 3 rings (SSSR count). The first-order valence-corrected chi connectivity index (χ1v) is 9.17. The van der Waals surface area contributed by atoms with Crippen molar-refractivity contribution in [3.63, 3.8) is 0 Å². The van der Waals surface area contributed by atoms with Crippen molar-refractivity contribution < 1.29 is 19.4 Å². The maximum absolute atomic E-state index is 12.3. The number of amides is 1. The van der Waals surface area contributed by atoms with E-state index in [1.807, 2.05) is 31.2 Å². The maximum atomic E-state index is 12.3. The zero-order valence-electron chi connectivity index (χ0n) is 13.9. The first-order valence-electron chi connectivity index (χ1n) is 8.29. The molecule has 0 bridgehead atoms. The van der Waals surface area contributed by atoms with Gasteiger partial charge in [-0.25, -0.2) is 4.98 Å². The molecule has 0 saturated heterocycles. The van der Waals surface area contributed by atoms with Crippen molar-refractivity contribution in [1.82, 2.24) is 10.3 Å². The molecule has 1 aromatic carbocycles. The minimum atomic E-state index is -0.789. The predicted octanol–water partition coefficient (Wildman–Crippen LogP) is 3.19. The van der Waals surface area contributed by atoms with Gasteiger partial charge in [-0.1, -0.05) is 0 Å². The second-order valence-corrected chi connectivity index (χ2v) is 6.87. The topological polar surface area (TPSA) is 88.5 Å². The number of rotatable bonds is 6. The van der Waals surface area contributed by atoms with Gasteiger partial charge >= 0.3 is 5.97 Å². The minimum absolute atomic E-state index is 0.0933. The minimum Gasteiger partial charge on any atom is -0.494 e. The highest BCUT2D eigenvalue weighted by Crippen LogP contribution is 2.28. The van der Waals surface area contributed by atoms with Gasteiger partial charge in [0.1, 0.15) is 16.5 Å². The molecule has 6 nitrogen and oxygen atoms in total. The van der Waals surface area contributed by atoms with Gasteiger partial charge in [0.05, 0.1) is 12.5 Å². The number of thiazole rings is 1. The van der Waals surface area contributed by atoms with E-state index in [-0.39, 0.29) is 17.9 Å². The van der Waals surface area contributed by atoms with Crippen LogP contribution in [0.3, 0.4) is 0 Å². The van der Waals surface area contributed by atoms with Crippen molar-refractivity contribution in [3.8, 4) is 16.3 Å². The fourth-order valence-electron chi connectivity index (χ4n) is 2.97. The van der Waals surface area contributed by atoms with Crippen molar-refractivity contribution in [2.45, 2.75) is 32.2 Å². The number of aromatic nitrogens is 1. The van der Waals surface area contributed by atoms with Crippen LogP contribution in [0.2, 0.25) is 0 Å². The zero-order chi connectivity index (χ0) is 17.8. The smallest absolute Gasteiger partial charge is 0.306 e. The van der Waals surface area contributed by atoms with Crippen molar-refractivity contribution in [1.29, 1.82) is 0 Å². The molecule has 1 saturated carbocycles. The van der Waals surface area contributed by atoms with E-state index in [4.69, 9.17) is 9.84 Å². The Labute approximate surface area is 149 Å². The molecular weight excluding hydrogens is 340 g/mol. The fraction of sp³-hybridized carbons (Fsp3) is 0.389. The third-order valence-electron chi connectivity index (χ3n) is 4.27. The molecule has 25 heavy (non-hydrogen) atoms. The number of ether oxygens (including phenoxy) is 1. The lowest BCUT2D eigenvalue weighted by Crippen LogP contribution is -2.33. The van der Waals surface area contributed by atoms with E-state index < -0.39 is 5.97 Å². The van der Waals surface area contributed by atoms with Crippen LogP contribution >= 0.6 is 11.3 Å². The van der Waals surface area contributed by atoms with E-state index in [1.165, 1.54) is 11.3 Å². The Kier molecular flexibility index (Phi) is 5.33. The SMILES string of the molecule is CCOc1ccc(-c2nc(C(=O)N[C@@H]3CC[C@H](C(=O)O)C3)cs2)cc1. The highest BCUT2D eigenvalue weighted by molar-refractivity contribution is 7.13. The van der Waals surface area contributed by atoms with Crippen LogP contribution in [0, 0.1) is 5.92 Å². The second-order valence-electron chi connectivity index (χ2n) is 6.01. The molecule has 0 aliphatic heterocycles. The number of hydrogen-bond acceptors (Lipinski definition) is 5. The number of carbonyl (C=O) groups excluding carboxylic acids is 1. The molecule has 7 heteroatoms. The van der Waals surface area contributed by atoms with Gasteiger partial charge < -0.3 is 15.2 Å². The summed E-state index contributed by atoms with van der Waals surface area (Å²) in [6.07, 6.45) is 1.78. The molecular formula is C18H20N2O4S. The van der Waals surface area contributed by atoms with Gasteiger partial charge in [0, 0.05) is 17.0 Å². The molecule has 0 radical (unpaired) electrons. The van der Waals surface area contributed by atoms with Crippen LogP contribution in [-0.2, 0) is 4.79 Å². The number of carbonyl (C=O) groups is 2. The van der Waals surface area contributed by atoms with Crippen LogP contribution in [0.1, 0.15) is 36.7 Å². The number of aliphatic carboxylic acids is 1. The summed E-state index contributed by atoms with van der Waals surface area (Å²) in [6, 6.07) is 7.50. The summed E-state index contributed by atoms with van der Waals surface area (Å²) in [5.41, 5.74) is 1.30. The monoisotopic (exact) mass is 360 g/mol. The van der Waals surface area contributed by atoms with Crippen LogP contribution in [0.5, 0.6) is 5.75 Å². The second kappa shape index (κ2) is 7.65. The van der Waals surface area contributed by atoms with Crippen molar-refractivity contribution >= 4 is 23.2 Å². The van der Waals surface area contributed by atoms with Gasteiger partial charge in [0.2, 0.25) is 0 Å². The lowest BCUT2D eigenvalue weighted by atomic mass is 10.1. The zero-order valence-corrected chi connectivity index (χ0v) is 14.7. The van der Waals surface area contributed by atoms with Crippen LogP contribution in [0.4, 0.5) is 0 Å². The Morgan fingerprint density at radius 2 is 2.08 bits per heavy atom. The predicted molar refractivity (Wildman–Crippen MR) is 95.0 cm³/mol. The fourth-order valence-corrected chi connectivity index (χ4v) is 3.77. The molecule has 1 heterocycles. The van der Waals surface area contributed by atoms with E-state index in [0.29, 0.717) is 31.6 Å². The molecule has 2 N–H and O–H groups in total. The average Bonchev–Trinajstić information content (AvgIpc) is 3.25. The largest absolute Gasteiger partial charge is 0.494 e. The van der Waals surface area contributed by atoms with Crippen LogP contribution in [-0.4, -0.2) is 34.6 Å². The summed E-state index contributed by atoms with van der Waals surface area (Å²) in [6.45, 7) is 2.55. The van der Waals surface area contributed by atoms with Gasteiger partial charge in [-0.05, 0) is 50.5 Å². The van der Waals surface area contributed by atoms with Crippen LogP contribution in [0.25, 0.3) is 10.6 Å². The summed E-state index contributed by atoms with van der Waals surface area (Å²) in [5.74, 6) is -0.595. The molecule has 1 amide bonds. The van der Waals surface area contributed by atoms with Crippen molar-refractivity contribution in [3.05, 3.63) is 35.3 Å². The Bertz CT molecular complexity index is 757. The van der Waals surface area contributed by atoms with Gasteiger partial charge in [-0.3, -0.25) is 9.59 Å². The van der Waals surface area contributed by atoms with E-state index in [0.717, 1.165) is 16.3 Å². The van der Waals surface area contributed by atoms with E-state index in [9.17, 15) is 9.59 Å². The molecule has 132 valence electrons. The molecule has 1 aromatic heterocycles. The van der Waals surface area contributed by atoms with Crippen molar-refractivity contribution in [2.24, 2.45) is 5.92 Å². The van der Waals surface area contributed by atoms with Gasteiger partial charge in [-0.2, -0.15) is 0 Å². The first kappa shape index (κ1) is 17.4. The lowest BCUT2D eigenvalue weighted by Gasteiger charge is -2.10. The Hall–Kier alpha value is -2.41. The third-order valence-corrected chi connectivity index (χ3v) is 5.16. The van der Waals surface area contributed by atoms with E-state index >= 15 is 0 Å². The molecule has 1 aliphatic rings. The summed E-state index contributed by atoms with van der Waals surface area (Å²) >= 11 is 1.41. The standard InChI is InChI=1S/C18H20N2O4S/c1-2-24-14-7-4-11(5-8-14)17-20-15(10-25-17)16(21)19-13-6-3-12(9-13)18(22)23/h4-5,7-8,10,12-13H,2-3,6,9H2,1H3,(H,19,21)(H,22,23)/t12-,13+/m0/s1. The third kappa shape index (κ3) is 4.17. The normalized spacial score (nSPS) is 19.6. The number of benzene rings is 1. The number of carboxylic acids is 1. The maximum Gasteiger partial charge on any atom is 0.306 e.